The molecule has 1 aliphatic heterocycles. The summed E-state index contributed by atoms with van der Waals surface area (Å²) < 4.78 is 18.8. The van der Waals surface area contributed by atoms with E-state index >= 15 is 0 Å². The molecule has 0 saturated carbocycles. The van der Waals surface area contributed by atoms with Crippen molar-refractivity contribution in [3.05, 3.63) is 29.6 Å². The normalized spacial score (nSPS) is 15.2. The molecule has 0 atom stereocenters. The molecule has 112 valence electrons. The van der Waals surface area contributed by atoms with Gasteiger partial charge >= 0.3 is 0 Å². The van der Waals surface area contributed by atoms with Crippen molar-refractivity contribution < 1.29 is 13.9 Å². The van der Waals surface area contributed by atoms with Gasteiger partial charge in [-0.05, 0) is 37.6 Å². The number of hydrogen-bond acceptors (Lipinski definition) is 3. The maximum atomic E-state index is 13.5. The zero-order valence-electron chi connectivity index (χ0n) is 11.5. The zero-order valence-corrected chi connectivity index (χ0v) is 12.3. The standard InChI is InChI=1S/C14H19FN2O2.ClH/c1-11-3-4-12(15)13(9-11)19-10-14(18)17-7-2-5-16-6-8-17;/h3-4,9,16H,2,5-8,10H2,1H3;1H. The number of amides is 1. The third-order valence-corrected chi connectivity index (χ3v) is 3.13. The Hall–Kier alpha value is -1.33. The lowest BCUT2D eigenvalue weighted by Crippen LogP contribution is -2.37. The first kappa shape index (κ1) is 16.7. The summed E-state index contributed by atoms with van der Waals surface area (Å²) >= 11 is 0. The summed E-state index contributed by atoms with van der Waals surface area (Å²) in [6.07, 6.45) is 0.935. The van der Waals surface area contributed by atoms with Gasteiger partial charge in [-0.2, -0.15) is 0 Å². The number of nitrogens with zero attached hydrogens (tertiary/aromatic N) is 1. The molecule has 0 bridgehead atoms. The van der Waals surface area contributed by atoms with Crippen molar-refractivity contribution in [3.63, 3.8) is 0 Å². The van der Waals surface area contributed by atoms with Crippen molar-refractivity contribution in [2.75, 3.05) is 32.8 Å². The molecule has 1 N–H and O–H groups in total. The van der Waals surface area contributed by atoms with Crippen LogP contribution < -0.4 is 10.1 Å². The van der Waals surface area contributed by atoms with E-state index in [1.165, 1.54) is 6.07 Å². The molecule has 0 aliphatic carbocycles. The van der Waals surface area contributed by atoms with Crippen molar-refractivity contribution in [2.45, 2.75) is 13.3 Å². The number of ether oxygens (including phenoxy) is 1. The third-order valence-electron chi connectivity index (χ3n) is 3.13. The van der Waals surface area contributed by atoms with Gasteiger partial charge in [-0.15, -0.1) is 12.4 Å². The fourth-order valence-corrected chi connectivity index (χ4v) is 2.05. The maximum Gasteiger partial charge on any atom is 0.260 e. The van der Waals surface area contributed by atoms with Crippen molar-refractivity contribution >= 4 is 18.3 Å². The number of hydrogen-bond donors (Lipinski definition) is 1. The van der Waals surface area contributed by atoms with E-state index in [4.69, 9.17) is 4.74 Å². The number of benzene rings is 1. The van der Waals surface area contributed by atoms with Gasteiger partial charge < -0.3 is 15.0 Å². The number of carbonyl (C=O) groups is 1. The lowest BCUT2D eigenvalue weighted by atomic mass is 10.2. The molecule has 2 rings (SSSR count). The first-order valence-corrected chi connectivity index (χ1v) is 6.54. The van der Waals surface area contributed by atoms with Gasteiger partial charge in [-0.1, -0.05) is 6.07 Å². The van der Waals surface area contributed by atoms with Gasteiger partial charge in [-0.25, -0.2) is 4.39 Å². The molecule has 0 spiro atoms. The highest BCUT2D eigenvalue weighted by Gasteiger charge is 2.16. The van der Waals surface area contributed by atoms with Crippen LogP contribution in [-0.4, -0.2) is 43.6 Å². The topological polar surface area (TPSA) is 41.6 Å². The Morgan fingerprint density at radius 1 is 1.40 bits per heavy atom. The number of carbonyl (C=O) groups excluding carboxylic acids is 1. The molecule has 1 heterocycles. The summed E-state index contributed by atoms with van der Waals surface area (Å²) in [6, 6.07) is 4.63. The molecular formula is C14H20ClFN2O2. The minimum Gasteiger partial charge on any atom is -0.481 e. The molecule has 1 aromatic carbocycles. The molecule has 1 saturated heterocycles. The van der Waals surface area contributed by atoms with E-state index in [9.17, 15) is 9.18 Å². The second-order valence-electron chi connectivity index (χ2n) is 4.71. The Balaban J connectivity index is 0.00000200. The molecular weight excluding hydrogens is 283 g/mol. The fourth-order valence-electron chi connectivity index (χ4n) is 2.05. The Bertz CT molecular complexity index is 449. The van der Waals surface area contributed by atoms with Crippen LogP contribution in [0.15, 0.2) is 18.2 Å². The van der Waals surface area contributed by atoms with E-state index in [1.54, 1.807) is 17.0 Å². The lowest BCUT2D eigenvalue weighted by molar-refractivity contribution is -0.133. The van der Waals surface area contributed by atoms with Gasteiger partial charge in [0.2, 0.25) is 0 Å². The van der Waals surface area contributed by atoms with E-state index < -0.39 is 5.82 Å². The molecule has 0 radical (unpaired) electrons. The van der Waals surface area contributed by atoms with Crippen LogP contribution in [0.4, 0.5) is 4.39 Å². The van der Waals surface area contributed by atoms with Crippen LogP contribution in [0, 0.1) is 12.7 Å². The summed E-state index contributed by atoms with van der Waals surface area (Å²) in [5, 5.41) is 3.23. The molecule has 1 amide bonds. The number of nitrogens with one attached hydrogen (secondary N) is 1. The zero-order chi connectivity index (χ0) is 13.7. The highest BCUT2D eigenvalue weighted by Crippen LogP contribution is 2.18. The number of aryl methyl sites for hydroxylation is 1. The smallest absolute Gasteiger partial charge is 0.260 e. The average molecular weight is 303 g/mol. The molecule has 4 nitrogen and oxygen atoms in total. The highest BCUT2D eigenvalue weighted by molar-refractivity contribution is 5.85. The van der Waals surface area contributed by atoms with Crippen molar-refractivity contribution in [3.8, 4) is 5.75 Å². The molecule has 1 aliphatic rings. The summed E-state index contributed by atoms with van der Waals surface area (Å²) in [7, 11) is 0. The predicted octanol–water partition coefficient (Wildman–Crippen LogP) is 1.76. The minimum absolute atomic E-state index is 0. The fraction of sp³-hybridized carbons (Fsp3) is 0.500. The molecule has 20 heavy (non-hydrogen) atoms. The Labute approximate surface area is 124 Å². The van der Waals surface area contributed by atoms with Crippen LogP contribution in [0.3, 0.4) is 0 Å². The SMILES string of the molecule is Cc1ccc(F)c(OCC(=O)N2CCCNCC2)c1.Cl. The van der Waals surface area contributed by atoms with Crippen molar-refractivity contribution in [1.29, 1.82) is 0 Å². The van der Waals surface area contributed by atoms with E-state index in [0.29, 0.717) is 6.54 Å². The first-order valence-electron chi connectivity index (χ1n) is 6.54. The van der Waals surface area contributed by atoms with E-state index in [1.807, 2.05) is 6.92 Å². The molecule has 1 fully saturated rings. The number of halogens is 2. The van der Waals surface area contributed by atoms with Gasteiger partial charge in [0.05, 0.1) is 0 Å². The van der Waals surface area contributed by atoms with Crippen LogP contribution in [0.25, 0.3) is 0 Å². The van der Waals surface area contributed by atoms with Crippen molar-refractivity contribution in [2.24, 2.45) is 0 Å². The largest absolute Gasteiger partial charge is 0.481 e. The van der Waals surface area contributed by atoms with Gasteiger partial charge in [0, 0.05) is 19.6 Å². The molecule has 0 unspecified atom stereocenters. The van der Waals surface area contributed by atoms with Gasteiger partial charge in [0.1, 0.15) is 0 Å². The quantitative estimate of drug-likeness (QED) is 0.925. The van der Waals surface area contributed by atoms with Crippen LogP contribution in [0.2, 0.25) is 0 Å². The Kier molecular flexibility index (Phi) is 6.75. The average Bonchev–Trinajstić information content (AvgIpc) is 2.68. The van der Waals surface area contributed by atoms with E-state index in [-0.39, 0.29) is 30.7 Å². The molecule has 6 heteroatoms. The van der Waals surface area contributed by atoms with Gasteiger partial charge in [0.25, 0.3) is 5.91 Å². The predicted molar refractivity (Wildman–Crippen MR) is 77.9 cm³/mol. The molecule has 0 aromatic heterocycles. The highest BCUT2D eigenvalue weighted by atomic mass is 35.5. The van der Waals surface area contributed by atoms with Crippen LogP contribution >= 0.6 is 12.4 Å². The summed E-state index contributed by atoms with van der Waals surface area (Å²) in [6.45, 7) is 4.88. The second kappa shape index (κ2) is 8.07. The lowest BCUT2D eigenvalue weighted by Gasteiger charge is -2.20. The maximum absolute atomic E-state index is 13.5. The molecule has 1 aromatic rings. The number of rotatable bonds is 3. The van der Waals surface area contributed by atoms with Crippen LogP contribution in [0.5, 0.6) is 5.75 Å². The summed E-state index contributed by atoms with van der Waals surface area (Å²) in [5.41, 5.74) is 0.905. The summed E-state index contributed by atoms with van der Waals surface area (Å²) in [5.74, 6) is -0.387. The van der Waals surface area contributed by atoms with E-state index in [0.717, 1.165) is 31.6 Å². The van der Waals surface area contributed by atoms with Crippen molar-refractivity contribution in [1.82, 2.24) is 10.2 Å². The Morgan fingerprint density at radius 2 is 2.20 bits per heavy atom. The van der Waals surface area contributed by atoms with E-state index in [2.05, 4.69) is 5.32 Å². The second-order valence-corrected chi connectivity index (χ2v) is 4.71. The van der Waals surface area contributed by atoms with Crippen LogP contribution in [0.1, 0.15) is 12.0 Å². The monoisotopic (exact) mass is 302 g/mol. The Morgan fingerprint density at radius 3 is 3.00 bits per heavy atom. The van der Waals surface area contributed by atoms with Gasteiger partial charge in [0.15, 0.2) is 18.2 Å². The van der Waals surface area contributed by atoms with Crippen LogP contribution in [-0.2, 0) is 4.79 Å². The summed E-state index contributed by atoms with van der Waals surface area (Å²) in [4.78, 5) is 13.7. The first-order chi connectivity index (χ1) is 9.16. The third kappa shape index (κ3) is 4.65. The minimum atomic E-state index is -0.434. The van der Waals surface area contributed by atoms with Gasteiger partial charge in [-0.3, -0.25) is 4.79 Å².